The van der Waals surface area contributed by atoms with Gasteiger partial charge in [-0.15, -0.1) is 0 Å². The summed E-state index contributed by atoms with van der Waals surface area (Å²) in [5.74, 6) is 0.422. The Labute approximate surface area is 201 Å². The first-order valence-corrected chi connectivity index (χ1v) is 10.7. The summed E-state index contributed by atoms with van der Waals surface area (Å²) in [7, 11) is 0. The van der Waals surface area contributed by atoms with E-state index in [0.717, 1.165) is 0 Å². The first kappa shape index (κ1) is 21.6. The van der Waals surface area contributed by atoms with E-state index in [0.29, 0.717) is 44.0 Å². The molecule has 11 heteroatoms. The van der Waals surface area contributed by atoms with Crippen LogP contribution in [0.25, 0.3) is 45.4 Å². The highest BCUT2D eigenvalue weighted by Gasteiger charge is 2.29. The molecule has 0 spiro atoms. The van der Waals surface area contributed by atoms with Crippen molar-refractivity contribution >= 4 is 34.8 Å². The Kier molecular flexibility index (Phi) is 5.44. The standard InChI is InChI=1S/C22H12Cl3FN4O3/c1-9-15(19(28-31-9)18-13(25)7-4-8-14(18)26)21-27-22(33-30-21)16-10(2)32-29-20(16)17-11(23)5-3-6-12(17)24/h3-8H,1-2H3. The molecule has 0 amide bonds. The Balaban J connectivity index is 1.66. The lowest BCUT2D eigenvalue weighted by Crippen LogP contribution is -1.91. The second kappa shape index (κ2) is 8.30. The summed E-state index contributed by atoms with van der Waals surface area (Å²) in [6, 6.07) is 9.40. The van der Waals surface area contributed by atoms with Gasteiger partial charge >= 0.3 is 0 Å². The molecule has 5 rings (SSSR count). The average Bonchev–Trinajstić information content (AvgIpc) is 3.47. The van der Waals surface area contributed by atoms with Crippen LogP contribution in [0.5, 0.6) is 0 Å². The maximum absolute atomic E-state index is 14.6. The van der Waals surface area contributed by atoms with Crippen LogP contribution in [-0.4, -0.2) is 20.5 Å². The second-order valence-corrected chi connectivity index (χ2v) is 8.26. The third kappa shape index (κ3) is 3.60. The topological polar surface area (TPSA) is 91.0 Å². The second-order valence-electron chi connectivity index (χ2n) is 7.04. The summed E-state index contributed by atoms with van der Waals surface area (Å²) < 4.78 is 30.8. The van der Waals surface area contributed by atoms with Crippen LogP contribution in [0.15, 0.2) is 50.0 Å². The average molecular weight is 506 g/mol. The highest BCUT2D eigenvalue weighted by atomic mass is 35.5. The van der Waals surface area contributed by atoms with Gasteiger partial charge < -0.3 is 13.6 Å². The Hall–Kier alpha value is -3.20. The summed E-state index contributed by atoms with van der Waals surface area (Å²) in [6.07, 6.45) is 0. The predicted octanol–water partition coefficient (Wildman–Crippen LogP) is 7.43. The smallest absolute Gasteiger partial charge is 0.264 e. The van der Waals surface area contributed by atoms with Crippen LogP contribution >= 0.6 is 34.8 Å². The number of benzene rings is 2. The Bertz CT molecular complexity index is 1360. The lowest BCUT2D eigenvalue weighted by Gasteiger charge is -2.04. The quantitative estimate of drug-likeness (QED) is 0.251. The van der Waals surface area contributed by atoms with Gasteiger partial charge in [0.1, 0.15) is 34.3 Å². The molecule has 0 saturated carbocycles. The van der Waals surface area contributed by atoms with E-state index in [1.54, 1.807) is 38.1 Å². The van der Waals surface area contributed by atoms with Crippen LogP contribution < -0.4 is 0 Å². The number of rotatable bonds is 4. The normalized spacial score (nSPS) is 11.3. The van der Waals surface area contributed by atoms with Gasteiger partial charge in [-0.25, -0.2) is 4.39 Å². The zero-order valence-corrected chi connectivity index (χ0v) is 19.3. The van der Waals surface area contributed by atoms with Gasteiger partial charge in [0.25, 0.3) is 5.89 Å². The van der Waals surface area contributed by atoms with Gasteiger partial charge in [0.05, 0.1) is 26.2 Å². The molecule has 0 atom stereocenters. The van der Waals surface area contributed by atoms with E-state index < -0.39 is 5.82 Å². The van der Waals surface area contributed by atoms with E-state index in [1.165, 1.54) is 12.1 Å². The van der Waals surface area contributed by atoms with Crippen molar-refractivity contribution in [1.29, 1.82) is 0 Å². The monoisotopic (exact) mass is 504 g/mol. The van der Waals surface area contributed by atoms with Gasteiger partial charge in [-0.05, 0) is 38.1 Å². The van der Waals surface area contributed by atoms with Crippen molar-refractivity contribution < 1.29 is 18.0 Å². The van der Waals surface area contributed by atoms with Gasteiger partial charge in [-0.3, -0.25) is 0 Å². The summed E-state index contributed by atoms with van der Waals surface area (Å²) in [5, 5.41) is 13.0. The molecule has 166 valence electrons. The van der Waals surface area contributed by atoms with Crippen molar-refractivity contribution in [3.8, 4) is 45.4 Å². The SMILES string of the molecule is Cc1onc(-c2c(F)cccc2Cl)c1-c1noc(-c2c(-c3c(Cl)cccc3Cl)noc2C)n1. The number of aryl methyl sites for hydroxylation is 2. The fourth-order valence-electron chi connectivity index (χ4n) is 3.48. The van der Waals surface area contributed by atoms with Crippen LogP contribution in [0.2, 0.25) is 15.1 Å². The fraction of sp³-hybridized carbons (Fsp3) is 0.0909. The minimum atomic E-state index is -0.564. The minimum Gasteiger partial charge on any atom is -0.360 e. The third-order valence-electron chi connectivity index (χ3n) is 4.99. The summed E-state index contributed by atoms with van der Waals surface area (Å²) >= 11 is 18.9. The van der Waals surface area contributed by atoms with Gasteiger partial charge in [-0.1, -0.05) is 62.4 Å². The summed E-state index contributed by atoms with van der Waals surface area (Å²) in [6.45, 7) is 3.34. The maximum Gasteiger partial charge on any atom is 0.264 e. The molecule has 0 aliphatic heterocycles. The summed E-state index contributed by atoms with van der Waals surface area (Å²) in [4.78, 5) is 4.48. The molecule has 0 aliphatic rings. The zero-order valence-electron chi connectivity index (χ0n) is 17.0. The number of halogens is 4. The molecule has 3 aromatic heterocycles. The maximum atomic E-state index is 14.6. The first-order chi connectivity index (χ1) is 15.9. The van der Waals surface area contributed by atoms with E-state index in [4.69, 9.17) is 48.4 Å². The van der Waals surface area contributed by atoms with Gasteiger partial charge in [0.2, 0.25) is 5.82 Å². The number of hydrogen-bond donors (Lipinski definition) is 0. The van der Waals surface area contributed by atoms with Crippen molar-refractivity contribution in [2.45, 2.75) is 13.8 Å². The molecule has 2 aromatic carbocycles. The van der Waals surface area contributed by atoms with Gasteiger partial charge in [0, 0.05) is 5.56 Å². The predicted molar refractivity (Wildman–Crippen MR) is 121 cm³/mol. The van der Waals surface area contributed by atoms with Crippen LogP contribution in [0.4, 0.5) is 4.39 Å². The molecule has 0 fully saturated rings. The summed E-state index contributed by atoms with van der Waals surface area (Å²) in [5.41, 5.74) is 1.79. The Morgan fingerprint density at radius 1 is 0.667 bits per heavy atom. The largest absolute Gasteiger partial charge is 0.360 e. The van der Waals surface area contributed by atoms with Crippen molar-refractivity contribution in [1.82, 2.24) is 20.5 Å². The van der Waals surface area contributed by atoms with Crippen LogP contribution in [-0.2, 0) is 0 Å². The zero-order chi connectivity index (χ0) is 23.3. The lowest BCUT2D eigenvalue weighted by molar-refractivity contribution is 0.397. The molecular weight excluding hydrogens is 494 g/mol. The highest BCUT2D eigenvalue weighted by Crippen LogP contribution is 2.42. The molecule has 0 radical (unpaired) electrons. The number of nitrogens with zero attached hydrogens (tertiary/aromatic N) is 4. The van der Waals surface area contributed by atoms with Crippen LogP contribution in [0, 0.1) is 19.7 Å². The molecule has 7 nitrogen and oxygen atoms in total. The van der Waals surface area contributed by atoms with Crippen molar-refractivity contribution in [3.63, 3.8) is 0 Å². The number of aromatic nitrogens is 4. The van der Waals surface area contributed by atoms with Crippen molar-refractivity contribution in [3.05, 3.63) is 68.8 Å². The van der Waals surface area contributed by atoms with Crippen molar-refractivity contribution in [2.24, 2.45) is 0 Å². The van der Waals surface area contributed by atoms with E-state index in [9.17, 15) is 4.39 Å². The molecule has 0 N–H and O–H groups in total. The molecule has 0 aliphatic carbocycles. The molecule has 0 bridgehead atoms. The van der Waals surface area contributed by atoms with Crippen LogP contribution in [0.1, 0.15) is 11.5 Å². The van der Waals surface area contributed by atoms with Gasteiger partial charge in [-0.2, -0.15) is 4.98 Å². The van der Waals surface area contributed by atoms with Crippen molar-refractivity contribution in [2.75, 3.05) is 0 Å². The minimum absolute atomic E-state index is 0.0714. The van der Waals surface area contributed by atoms with Crippen LogP contribution in [0.3, 0.4) is 0 Å². The van der Waals surface area contributed by atoms with Gasteiger partial charge in [0.15, 0.2) is 0 Å². The molecule has 0 saturated heterocycles. The lowest BCUT2D eigenvalue weighted by atomic mass is 10.0. The van der Waals surface area contributed by atoms with E-state index in [-0.39, 0.29) is 28.0 Å². The van der Waals surface area contributed by atoms with E-state index >= 15 is 0 Å². The molecule has 33 heavy (non-hydrogen) atoms. The Morgan fingerprint density at radius 2 is 1.21 bits per heavy atom. The highest BCUT2D eigenvalue weighted by molar-refractivity contribution is 6.39. The first-order valence-electron chi connectivity index (χ1n) is 9.52. The number of hydrogen-bond acceptors (Lipinski definition) is 7. The molecule has 5 aromatic rings. The van der Waals surface area contributed by atoms with E-state index in [1.807, 2.05) is 0 Å². The fourth-order valence-corrected chi connectivity index (χ4v) is 4.30. The Morgan fingerprint density at radius 3 is 1.85 bits per heavy atom. The third-order valence-corrected chi connectivity index (χ3v) is 5.93. The van der Waals surface area contributed by atoms with E-state index in [2.05, 4.69) is 20.5 Å². The molecular formula is C22H12Cl3FN4O3. The molecule has 0 unspecified atom stereocenters. The molecule has 3 heterocycles.